The van der Waals surface area contributed by atoms with Gasteiger partial charge in [-0.25, -0.2) is 4.79 Å². The van der Waals surface area contributed by atoms with Crippen molar-refractivity contribution in [2.24, 2.45) is 16.8 Å². The van der Waals surface area contributed by atoms with Gasteiger partial charge in [-0.15, -0.1) is 0 Å². The van der Waals surface area contributed by atoms with Crippen LogP contribution < -0.4 is 5.73 Å². The minimum absolute atomic E-state index is 0.0988. The normalized spacial score (nSPS) is 25.6. The summed E-state index contributed by atoms with van der Waals surface area (Å²) in [5.74, 6) is -0.463. The number of rotatable bonds is 2. The summed E-state index contributed by atoms with van der Waals surface area (Å²) in [5, 5.41) is 6.06. The van der Waals surface area contributed by atoms with Gasteiger partial charge < -0.3 is 10.5 Å². The maximum Gasteiger partial charge on any atom is 0.354 e. The third-order valence-corrected chi connectivity index (χ3v) is 2.61. The smallest absolute Gasteiger partial charge is 0.354 e. The van der Waals surface area contributed by atoms with Crippen molar-refractivity contribution in [3.05, 3.63) is 0 Å². The first-order chi connectivity index (χ1) is 7.29. The molecule has 0 amide bonds. The SMILES string of the molecule is CCOC(=O)C1=NN(C(C)(C)C)C(N)C1C. The summed E-state index contributed by atoms with van der Waals surface area (Å²) in [4.78, 5) is 11.6. The first-order valence-corrected chi connectivity index (χ1v) is 5.59. The Kier molecular flexibility index (Phi) is 3.57. The highest BCUT2D eigenvalue weighted by atomic mass is 16.5. The molecule has 2 N–H and O–H groups in total. The Balaban J connectivity index is 2.91. The van der Waals surface area contributed by atoms with Gasteiger partial charge in [-0.05, 0) is 27.7 Å². The van der Waals surface area contributed by atoms with Gasteiger partial charge in [-0.3, -0.25) is 5.01 Å². The van der Waals surface area contributed by atoms with Crippen LogP contribution in [0.4, 0.5) is 0 Å². The van der Waals surface area contributed by atoms with Crippen molar-refractivity contribution in [3.8, 4) is 0 Å². The van der Waals surface area contributed by atoms with Gasteiger partial charge in [0.2, 0.25) is 0 Å². The number of ether oxygens (including phenoxy) is 1. The molecule has 0 bridgehead atoms. The van der Waals surface area contributed by atoms with Gasteiger partial charge in [-0.1, -0.05) is 6.92 Å². The van der Waals surface area contributed by atoms with E-state index in [1.165, 1.54) is 0 Å². The number of nitrogens with zero attached hydrogens (tertiary/aromatic N) is 2. The molecule has 0 aromatic heterocycles. The lowest BCUT2D eigenvalue weighted by Crippen LogP contribution is -2.49. The van der Waals surface area contributed by atoms with Crippen LogP contribution in [0.5, 0.6) is 0 Å². The molecule has 92 valence electrons. The van der Waals surface area contributed by atoms with Crippen molar-refractivity contribution in [2.45, 2.75) is 46.3 Å². The monoisotopic (exact) mass is 227 g/mol. The molecule has 5 nitrogen and oxygen atoms in total. The van der Waals surface area contributed by atoms with E-state index in [1.54, 1.807) is 11.9 Å². The van der Waals surface area contributed by atoms with Crippen LogP contribution in [-0.4, -0.2) is 35.0 Å². The quantitative estimate of drug-likeness (QED) is 0.713. The minimum atomic E-state index is -0.364. The average Bonchev–Trinajstić information content (AvgIpc) is 2.44. The topological polar surface area (TPSA) is 67.9 Å². The standard InChI is InChI=1S/C11H21N3O2/c1-6-16-10(15)8-7(2)9(12)14(13-8)11(3,4)5/h7,9H,6,12H2,1-5H3. The van der Waals surface area contributed by atoms with Crippen LogP contribution in [-0.2, 0) is 9.53 Å². The van der Waals surface area contributed by atoms with Gasteiger partial charge >= 0.3 is 5.97 Å². The summed E-state index contributed by atoms with van der Waals surface area (Å²) in [6, 6.07) is 0. The molecule has 0 saturated heterocycles. The van der Waals surface area contributed by atoms with Crippen LogP contribution in [0.3, 0.4) is 0 Å². The van der Waals surface area contributed by atoms with Crippen LogP contribution in [0.25, 0.3) is 0 Å². The maximum atomic E-state index is 11.6. The second kappa shape index (κ2) is 4.41. The van der Waals surface area contributed by atoms with Gasteiger partial charge in [0.25, 0.3) is 0 Å². The Morgan fingerprint density at radius 2 is 2.12 bits per heavy atom. The van der Waals surface area contributed by atoms with E-state index in [9.17, 15) is 4.79 Å². The molecule has 5 heteroatoms. The number of hydrogen-bond acceptors (Lipinski definition) is 5. The second-order valence-corrected chi connectivity index (χ2v) is 5.00. The van der Waals surface area contributed by atoms with E-state index in [0.717, 1.165) is 0 Å². The molecule has 2 atom stereocenters. The molecule has 0 spiro atoms. The summed E-state index contributed by atoms with van der Waals surface area (Å²) >= 11 is 0. The largest absolute Gasteiger partial charge is 0.461 e. The summed E-state index contributed by atoms with van der Waals surface area (Å²) < 4.78 is 4.95. The Labute approximate surface area is 96.6 Å². The lowest BCUT2D eigenvalue weighted by Gasteiger charge is -2.34. The Hall–Kier alpha value is -1.10. The number of hydrazone groups is 1. The van der Waals surface area contributed by atoms with Crippen LogP contribution in [0, 0.1) is 5.92 Å². The highest BCUT2D eigenvalue weighted by Gasteiger charge is 2.40. The fourth-order valence-electron chi connectivity index (χ4n) is 1.68. The zero-order chi connectivity index (χ0) is 12.5. The number of hydrogen-bond donors (Lipinski definition) is 1. The highest BCUT2D eigenvalue weighted by Crippen LogP contribution is 2.26. The Bertz CT molecular complexity index is 307. The van der Waals surface area contributed by atoms with E-state index >= 15 is 0 Å². The molecule has 2 unspecified atom stereocenters. The van der Waals surface area contributed by atoms with Crippen LogP contribution >= 0.6 is 0 Å². The van der Waals surface area contributed by atoms with Gasteiger partial charge in [-0.2, -0.15) is 5.10 Å². The van der Waals surface area contributed by atoms with E-state index in [1.807, 2.05) is 27.7 Å². The molecular weight excluding hydrogens is 206 g/mol. The number of nitrogens with two attached hydrogens (primary N) is 1. The van der Waals surface area contributed by atoms with Crippen LogP contribution in [0.15, 0.2) is 5.10 Å². The van der Waals surface area contributed by atoms with Gasteiger partial charge in [0.15, 0.2) is 5.71 Å². The van der Waals surface area contributed by atoms with E-state index in [-0.39, 0.29) is 23.6 Å². The molecule has 1 aliphatic heterocycles. The molecule has 0 radical (unpaired) electrons. The third kappa shape index (κ3) is 2.35. The van der Waals surface area contributed by atoms with Crippen molar-refractivity contribution < 1.29 is 9.53 Å². The fourth-order valence-corrected chi connectivity index (χ4v) is 1.68. The fraction of sp³-hybridized carbons (Fsp3) is 0.818. The molecule has 16 heavy (non-hydrogen) atoms. The van der Waals surface area contributed by atoms with E-state index in [0.29, 0.717) is 12.3 Å². The Morgan fingerprint density at radius 1 is 1.56 bits per heavy atom. The van der Waals surface area contributed by atoms with Crippen LogP contribution in [0.1, 0.15) is 34.6 Å². The molecule has 0 fully saturated rings. The minimum Gasteiger partial charge on any atom is -0.461 e. The van der Waals surface area contributed by atoms with Gasteiger partial charge in [0.05, 0.1) is 12.1 Å². The van der Waals surface area contributed by atoms with Crippen molar-refractivity contribution in [1.29, 1.82) is 0 Å². The second-order valence-electron chi connectivity index (χ2n) is 5.00. The average molecular weight is 227 g/mol. The third-order valence-electron chi connectivity index (χ3n) is 2.61. The van der Waals surface area contributed by atoms with E-state index < -0.39 is 0 Å². The molecule has 0 aliphatic carbocycles. The molecule has 0 aromatic rings. The zero-order valence-corrected chi connectivity index (χ0v) is 10.7. The summed E-state index contributed by atoms with van der Waals surface area (Å²) in [6.45, 7) is 10.1. The highest BCUT2D eigenvalue weighted by molar-refractivity contribution is 6.37. The van der Waals surface area contributed by atoms with Crippen molar-refractivity contribution in [2.75, 3.05) is 6.61 Å². The summed E-state index contributed by atoms with van der Waals surface area (Å²) in [5.41, 5.74) is 6.26. The van der Waals surface area contributed by atoms with E-state index in [4.69, 9.17) is 10.5 Å². The lowest BCUT2D eigenvalue weighted by molar-refractivity contribution is -0.135. The van der Waals surface area contributed by atoms with Gasteiger partial charge in [0.1, 0.15) is 6.17 Å². The lowest BCUT2D eigenvalue weighted by atomic mass is 10.0. The molecule has 1 rings (SSSR count). The maximum absolute atomic E-state index is 11.6. The number of esters is 1. The first kappa shape index (κ1) is 13.0. The molecule has 0 aromatic carbocycles. The summed E-state index contributed by atoms with van der Waals surface area (Å²) in [6.07, 6.45) is -0.264. The zero-order valence-electron chi connectivity index (χ0n) is 10.7. The molecule has 1 aliphatic rings. The van der Waals surface area contributed by atoms with E-state index in [2.05, 4.69) is 5.10 Å². The predicted molar refractivity (Wildman–Crippen MR) is 62.8 cm³/mol. The summed E-state index contributed by atoms with van der Waals surface area (Å²) in [7, 11) is 0. The van der Waals surface area contributed by atoms with Crippen molar-refractivity contribution in [1.82, 2.24) is 5.01 Å². The molecule has 0 saturated carbocycles. The Morgan fingerprint density at radius 3 is 2.50 bits per heavy atom. The van der Waals surface area contributed by atoms with Crippen molar-refractivity contribution >= 4 is 11.7 Å². The number of carbonyl (C=O) groups is 1. The van der Waals surface area contributed by atoms with Gasteiger partial charge in [0, 0.05) is 5.92 Å². The number of carbonyl (C=O) groups excluding carboxylic acids is 1. The predicted octanol–water partition coefficient (Wildman–Crippen LogP) is 0.941. The van der Waals surface area contributed by atoms with Crippen LogP contribution in [0.2, 0.25) is 0 Å². The van der Waals surface area contributed by atoms with Crippen molar-refractivity contribution in [3.63, 3.8) is 0 Å². The molecule has 1 heterocycles. The molecular formula is C11H21N3O2. The first-order valence-electron chi connectivity index (χ1n) is 5.59.